The maximum atomic E-state index is 12.5. The predicted octanol–water partition coefficient (Wildman–Crippen LogP) is 4.22. The molecule has 132 valence electrons. The lowest BCUT2D eigenvalue weighted by Crippen LogP contribution is -2.24. The maximum Gasteiger partial charge on any atom is 0.238 e. The summed E-state index contributed by atoms with van der Waals surface area (Å²) in [5, 5.41) is 7.00. The van der Waals surface area contributed by atoms with E-state index < -0.39 is 0 Å². The summed E-state index contributed by atoms with van der Waals surface area (Å²) < 4.78 is 10.6. The fourth-order valence-electron chi connectivity index (χ4n) is 3.06. The lowest BCUT2D eigenvalue weighted by Gasteiger charge is -2.18. The number of allylic oxidation sites excluding steroid dienone is 2. The van der Waals surface area contributed by atoms with Crippen LogP contribution in [-0.4, -0.2) is 16.0 Å². The van der Waals surface area contributed by atoms with Crippen LogP contribution in [0.15, 0.2) is 63.8 Å². The van der Waals surface area contributed by atoms with Gasteiger partial charge in [-0.15, -0.1) is 0 Å². The summed E-state index contributed by atoms with van der Waals surface area (Å²) in [4.78, 5) is 16.9. The highest BCUT2D eigenvalue weighted by Gasteiger charge is 2.20. The van der Waals surface area contributed by atoms with Gasteiger partial charge in [0.1, 0.15) is 0 Å². The number of nitrogens with zero attached hydrogens (tertiary/aromatic N) is 2. The standard InChI is InChI=1S/C20H19N3O3/c24-20(14-7-2-1-3-8-14)21-16-10-5-4-9-15(16)13-18-22-19(23-26-18)17-11-6-12-25-17/h1-2,4-6,9-12,14H,3,7-8,13H2,(H,21,24). The predicted molar refractivity (Wildman–Crippen MR) is 96.4 cm³/mol. The molecule has 6 heteroatoms. The number of nitrogens with one attached hydrogen (secondary N) is 1. The van der Waals surface area contributed by atoms with Gasteiger partial charge in [0.25, 0.3) is 0 Å². The van der Waals surface area contributed by atoms with E-state index in [0.717, 1.165) is 30.5 Å². The second-order valence-corrected chi connectivity index (χ2v) is 6.29. The van der Waals surface area contributed by atoms with Gasteiger partial charge in [0, 0.05) is 11.6 Å². The molecule has 26 heavy (non-hydrogen) atoms. The fourth-order valence-corrected chi connectivity index (χ4v) is 3.06. The van der Waals surface area contributed by atoms with Crippen molar-refractivity contribution >= 4 is 11.6 Å². The third-order valence-electron chi connectivity index (χ3n) is 4.47. The third kappa shape index (κ3) is 3.59. The Kier molecular flexibility index (Phi) is 4.64. The molecule has 4 rings (SSSR count). The van der Waals surface area contributed by atoms with E-state index in [9.17, 15) is 4.79 Å². The Hall–Kier alpha value is -3.15. The van der Waals surface area contributed by atoms with Gasteiger partial charge in [-0.05, 0) is 43.0 Å². The van der Waals surface area contributed by atoms with Crippen LogP contribution in [0.2, 0.25) is 0 Å². The maximum absolute atomic E-state index is 12.5. The molecule has 1 aliphatic carbocycles. The molecular formula is C20H19N3O3. The van der Waals surface area contributed by atoms with Gasteiger partial charge in [-0.25, -0.2) is 0 Å². The molecule has 0 bridgehead atoms. The normalized spacial score (nSPS) is 16.5. The highest BCUT2D eigenvalue weighted by atomic mass is 16.5. The Bertz CT molecular complexity index is 912. The minimum absolute atomic E-state index is 0.0296. The lowest BCUT2D eigenvalue weighted by atomic mass is 9.93. The van der Waals surface area contributed by atoms with Crippen LogP contribution in [0.4, 0.5) is 5.69 Å². The first-order valence-corrected chi connectivity index (χ1v) is 8.70. The summed E-state index contributed by atoms with van der Waals surface area (Å²) in [6, 6.07) is 11.2. The number of aromatic nitrogens is 2. The summed E-state index contributed by atoms with van der Waals surface area (Å²) in [6.07, 6.45) is 8.85. The number of benzene rings is 1. The molecule has 0 saturated carbocycles. The molecule has 1 N–H and O–H groups in total. The zero-order valence-electron chi connectivity index (χ0n) is 14.2. The number of anilines is 1. The Balaban J connectivity index is 1.49. The van der Waals surface area contributed by atoms with Crippen LogP contribution in [0.1, 0.15) is 30.7 Å². The molecule has 1 aromatic carbocycles. The minimum Gasteiger partial charge on any atom is -0.461 e. The highest BCUT2D eigenvalue weighted by molar-refractivity contribution is 5.93. The largest absolute Gasteiger partial charge is 0.461 e. The molecular weight excluding hydrogens is 330 g/mol. The molecule has 1 atom stereocenters. The van der Waals surface area contributed by atoms with Crippen molar-refractivity contribution in [3.8, 4) is 11.6 Å². The van der Waals surface area contributed by atoms with Gasteiger partial charge in [-0.2, -0.15) is 4.98 Å². The summed E-state index contributed by atoms with van der Waals surface area (Å²) in [6.45, 7) is 0. The minimum atomic E-state index is 0.0296. The third-order valence-corrected chi connectivity index (χ3v) is 4.47. The molecule has 0 radical (unpaired) electrons. The zero-order valence-corrected chi connectivity index (χ0v) is 14.2. The average Bonchev–Trinajstić information content (AvgIpc) is 3.36. The van der Waals surface area contributed by atoms with Crippen molar-refractivity contribution in [3.63, 3.8) is 0 Å². The number of furan rings is 1. The average molecular weight is 349 g/mol. The first-order chi connectivity index (χ1) is 12.8. The first-order valence-electron chi connectivity index (χ1n) is 8.70. The molecule has 6 nitrogen and oxygen atoms in total. The van der Waals surface area contributed by atoms with Crippen molar-refractivity contribution in [2.75, 3.05) is 5.32 Å². The molecule has 1 amide bonds. The van der Waals surface area contributed by atoms with Gasteiger partial charge < -0.3 is 14.3 Å². The number of hydrogen-bond acceptors (Lipinski definition) is 5. The number of rotatable bonds is 5. The molecule has 3 aromatic rings. The van der Waals surface area contributed by atoms with Gasteiger partial charge in [0.05, 0.1) is 12.7 Å². The molecule has 2 heterocycles. The Morgan fingerprint density at radius 1 is 1.19 bits per heavy atom. The second-order valence-electron chi connectivity index (χ2n) is 6.29. The topological polar surface area (TPSA) is 81.2 Å². The smallest absolute Gasteiger partial charge is 0.238 e. The zero-order chi connectivity index (χ0) is 17.8. The molecule has 0 saturated heterocycles. The van der Waals surface area contributed by atoms with E-state index >= 15 is 0 Å². The summed E-state index contributed by atoms with van der Waals surface area (Å²) in [5.41, 5.74) is 1.71. The van der Waals surface area contributed by atoms with Gasteiger partial charge in [-0.3, -0.25) is 4.79 Å². The molecule has 1 unspecified atom stereocenters. The quantitative estimate of drug-likeness (QED) is 0.698. The van der Waals surface area contributed by atoms with Gasteiger partial charge in [0.2, 0.25) is 17.6 Å². The number of carbonyl (C=O) groups is 1. The summed E-state index contributed by atoms with van der Waals surface area (Å²) in [5.74, 6) is 1.54. The van der Waals surface area contributed by atoms with E-state index in [1.807, 2.05) is 24.3 Å². The molecule has 1 aliphatic rings. The van der Waals surface area contributed by atoms with Crippen LogP contribution in [0.25, 0.3) is 11.6 Å². The van der Waals surface area contributed by atoms with Crippen molar-refractivity contribution in [1.82, 2.24) is 10.1 Å². The van der Waals surface area contributed by atoms with Crippen LogP contribution >= 0.6 is 0 Å². The van der Waals surface area contributed by atoms with Crippen molar-refractivity contribution in [3.05, 3.63) is 66.3 Å². The van der Waals surface area contributed by atoms with Crippen molar-refractivity contribution in [2.45, 2.75) is 25.7 Å². The van der Waals surface area contributed by atoms with E-state index in [0.29, 0.717) is 23.9 Å². The van der Waals surface area contributed by atoms with Crippen molar-refractivity contribution in [1.29, 1.82) is 0 Å². The molecule has 0 fully saturated rings. The van der Waals surface area contributed by atoms with Crippen LogP contribution in [0, 0.1) is 5.92 Å². The van der Waals surface area contributed by atoms with Crippen molar-refractivity contribution < 1.29 is 13.7 Å². The Morgan fingerprint density at radius 2 is 2.12 bits per heavy atom. The highest BCUT2D eigenvalue weighted by Crippen LogP contribution is 2.24. The van der Waals surface area contributed by atoms with Gasteiger partial charge in [0.15, 0.2) is 5.76 Å². The summed E-state index contributed by atoms with van der Waals surface area (Å²) in [7, 11) is 0. The second kappa shape index (κ2) is 7.39. The van der Waals surface area contributed by atoms with E-state index in [1.54, 1.807) is 18.4 Å². The van der Waals surface area contributed by atoms with Crippen LogP contribution in [0.3, 0.4) is 0 Å². The fraction of sp³-hybridized carbons (Fsp3) is 0.250. The van der Waals surface area contributed by atoms with E-state index in [1.165, 1.54) is 0 Å². The van der Waals surface area contributed by atoms with Crippen LogP contribution in [0.5, 0.6) is 0 Å². The van der Waals surface area contributed by atoms with E-state index in [-0.39, 0.29) is 11.8 Å². The molecule has 0 spiro atoms. The number of carbonyl (C=O) groups excluding carboxylic acids is 1. The van der Waals surface area contributed by atoms with Gasteiger partial charge >= 0.3 is 0 Å². The number of hydrogen-bond donors (Lipinski definition) is 1. The van der Waals surface area contributed by atoms with Crippen LogP contribution < -0.4 is 5.32 Å². The first kappa shape index (κ1) is 16.3. The SMILES string of the molecule is O=C(Nc1ccccc1Cc1nc(-c2ccco2)no1)C1CC=CCC1. The number of para-hydroxylation sites is 1. The Morgan fingerprint density at radius 3 is 2.92 bits per heavy atom. The van der Waals surface area contributed by atoms with E-state index in [4.69, 9.17) is 8.94 Å². The summed E-state index contributed by atoms with van der Waals surface area (Å²) >= 11 is 0. The monoisotopic (exact) mass is 349 g/mol. The molecule has 2 aromatic heterocycles. The molecule has 0 aliphatic heterocycles. The van der Waals surface area contributed by atoms with Gasteiger partial charge in [-0.1, -0.05) is 35.5 Å². The number of amides is 1. The Labute approximate surface area is 150 Å². The van der Waals surface area contributed by atoms with Crippen molar-refractivity contribution in [2.24, 2.45) is 5.92 Å². The lowest BCUT2D eigenvalue weighted by molar-refractivity contribution is -0.120. The van der Waals surface area contributed by atoms with Crippen LogP contribution in [-0.2, 0) is 11.2 Å². The van der Waals surface area contributed by atoms with E-state index in [2.05, 4.69) is 27.6 Å².